The Hall–Kier alpha value is -3.94. The van der Waals surface area contributed by atoms with Crippen LogP contribution in [-0.4, -0.2) is 46.3 Å². The number of hydrogen-bond donors (Lipinski definition) is 1. The van der Waals surface area contributed by atoms with Gasteiger partial charge in [-0.3, -0.25) is 19.3 Å². The molecule has 8 heteroatoms. The standard InChI is InChI=1S/C22H20N4O4/c1-25-11-10-23-19(25)18(13-4-7-15(30-3)8-5-13)24-20(27)14-6-9-16-17(12-14)22(29)26(2)21(16)28/h4-12,18H,1-3H3,(H,24,27). The van der Waals surface area contributed by atoms with E-state index in [-0.39, 0.29) is 22.9 Å². The number of benzene rings is 2. The van der Waals surface area contributed by atoms with Crippen LogP contribution in [0.2, 0.25) is 0 Å². The fourth-order valence-electron chi connectivity index (χ4n) is 3.47. The molecule has 0 spiro atoms. The van der Waals surface area contributed by atoms with E-state index in [2.05, 4.69) is 10.3 Å². The van der Waals surface area contributed by atoms with Gasteiger partial charge in [0.15, 0.2) is 0 Å². The molecule has 4 rings (SSSR count). The first kappa shape index (κ1) is 19.4. The summed E-state index contributed by atoms with van der Waals surface area (Å²) in [6.45, 7) is 0. The van der Waals surface area contributed by atoms with Crippen molar-refractivity contribution >= 4 is 17.7 Å². The lowest BCUT2D eigenvalue weighted by Crippen LogP contribution is -2.31. The molecule has 2 heterocycles. The van der Waals surface area contributed by atoms with Crippen LogP contribution in [0.3, 0.4) is 0 Å². The number of carbonyl (C=O) groups is 3. The molecule has 3 aromatic rings. The highest BCUT2D eigenvalue weighted by Crippen LogP contribution is 2.25. The summed E-state index contributed by atoms with van der Waals surface area (Å²) in [4.78, 5) is 42.8. The molecule has 3 amide bonds. The molecular weight excluding hydrogens is 384 g/mol. The second-order valence-corrected chi connectivity index (χ2v) is 7.01. The Balaban J connectivity index is 1.67. The maximum absolute atomic E-state index is 13.0. The lowest BCUT2D eigenvalue weighted by Gasteiger charge is -2.19. The van der Waals surface area contributed by atoms with E-state index in [1.165, 1.54) is 19.2 Å². The third-order valence-electron chi connectivity index (χ3n) is 5.19. The topological polar surface area (TPSA) is 93.5 Å². The molecule has 1 aromatic heterocycles. The fraction of sp³-hybridized carbons (Fsp3) is 0.182. The first-order valence-electron chi connectivity index (χ1n) is 9.29. The second-order valence-electron chi connectivity index (χ2n) is 7.01. The van der Waals surface area contributed by atoms with Gasteiger partial charge in [-0.25, -0.2) is 4.98 Å². The molecule has 0 saturated heterocycles. The van der Waals surface area contributed by atoms with Crippen molar-refractivity contribution in [1.82, 2.24) is 19.8 Å². The number of rotatable bonds is 5. The Bertz CT molecular complexity index is 1150. The first-order valence-corrected chi connectivity index (χ1v) is 9.29. The smallest absolute Gasteiger partial charge is 0.261 e. The minimum atomic E-state index is -0.517. The van der Waals surface area contributed by atoms with Gasteiger partial charge in [0.25, 0.3) is 17.7 Å². The number of aryl methyl sites for hydroxylation is 1. The van der Waals surface area contributed by atoms with E-state index in [1.54, 1.807) is 25.6 Å². The molecule has 1 atom stereocenters. The zero-order chi connectivity index (χ0) is 21.4. The summed E-state index contributed by atoms with van der Waals surface area (Å²) in [6, 6.07) is 11.3. The first-order chi connectivity index (χ1) is 14.4. The average Bonchev–Trinajstić information content (AvgIpc) is 3.28. The second kappa shape index (κ2) is 7.47. The molecule has 0 aliphatic carbocycles. The summed E-state index contributed by atoms with van der Waals surface area (Å²) in [5, 5.41) is 2.99. The largest absolute Gasteiger partial charge is 0.497 e. The summed E-state index contributed by atoms with van der Waals surface area (Å²) in [7, 11) is 4.86. The monoisotopic (exact) mass is 404 g/mol. The van der Waals surface area contributed by atoms with Crippen molar-refractivity contribution in [2.75, 3.05) is 14.2 Å². The van der Waals surface area contributed by atoms with Crippen molar-refractivity contribution in [3.05, 3.63) is 82.9 Å². The fourth-order valence-corrected chi connectivity index (χ4v) is 3.47. The molecule has 0 bridgehead atoms. The maximum Gasteiger partial charge on any atom is 0.261 e. The minimum Gasteiger partial charge on any atom is -0.497 e. The zero-order valence-corrected chi connectivity index (χ0v) is 16.7. The highest BCUT2D eigenvalue weighted by molar-refractivity contribution is 6.21. The number of hydrogen-bond acceptors (Lipinski definition) is 5. The Labute approximate surface area is 173 Å². The number of methoxy groups -OCH3 is 1. The van der Waals surface area contributed by atoms with Crippen LogP contribution in [0, 0.1) is 0 Å². The van der Waals surface area contributed by atoms with Crippen molar-refractivity contribution in [3.8, 4) is 5.75 Å². The molecule has 152 valence electrons. The van der Waals surface area contributed by atoms with Crippen molar-refractivity contribution in [2.24, 2.45) is 7.05 Å². The van der Waals surface area contributed by atoms with Gasteiger partial charge in [-0.2, -0.15) is 0 Å². The SMILES string of the molecule is COc1ccc(C(NC(=O)c2ccc3c(c2)C(=O)N(C)C3=O)c2nccn2C)cc1. The van der Waals surface area contributed by atoms with Gasteiger partial charge in [0, 0.05) is 32.1 Å². The van der Waals surface area contributed by atoms with Crippen LogP contribution >= 0.6 is 0 Å². The summed E-state index contributed by atoms with van der Waals surface area (Å²) < 4.78 is 7.04. The van der Waals surface area contributed by atoms with Crippen LogP contribution in [0.1, 0.15) is 48.5 Å². The summed E-state index contributed by atoms with van der Waals surface area (Å²) in [6.07, 6.45) is 3.46. The van der Waals surface area contributed by atoms with Gasteiger partial charge >= 0.3 is 0 Å². The van der Waals surface area contributed by atoms with Crippen LogP contribution in [0.25, 0.3) is 0 Å². The van der Waals surface area contributed by atoms with E-state index >= 15 is 0 Å². The van der Waals surface area contributed by atoms with Gasteiger partial charge < -0.3 is 14.6 Å². The zero-order valence-electron chi connectivity index (χ0n) is 16.7. The molecule has 1 N–H and O–H groups in total. The van der Waals surface area contributed by atoms with Crippen LogP contribution in [0.5, 0.6) is 5.75 Å². The number of aromatic nitrogens is 2. The van der Waals surface area contributed by atoms with E-state index < -0.39 is 11.9 Å². The highest BCUT2D eigenvalue weighted by atomic mass is 16.5. The number of carbonyl (C=O) groups excluding carboxylic acids is 3. The predicted molar refractivity (Wildman–Crippen MR) is 108 cm³/mol. The number of imidazole rings is 1. The molecule has 8 nitrogen and oxygen atoms in total. The molecule has 2 aromatic carbocycles. The van der Waals surface area contributed by atoms with E-state index in [4.69, 9.17) is 4.74 Å². The quantitative estimate of drug-likeness (QED) is 0.658. The van der Waals surface area contributed by atoms with Crippen molar-refractivity contribution < 1.29 is 19.1 Å². The Kier molecular flexibility index (Phi) is 4.83. The number of nitrogens with one attached hydrogen (secondary N) is 1. The van der Waals surface area contributed by atoms with Crippen LogP contribution in [0.15, 0.2) is 54.9 Å². The van der Waals surface area contributed by atoms with Crippen molar-refractivity contribution in [1.29, 1.82) is 0 Å². The summed E-state index contributed by atoms with van der Waals surface area (Å²) in [5.41, 5.74) is 1.64. The van der Waals surface area contributed by atoms with Crippen LogP contribution in [-0.2, 0) is 7.05 Å². The number of ether oxygens (including phenoxy) is 1. The van der Waals surface area contributed by atoms with Crippen molar-refractivity contribution in [3.63, 3.8) is 0 Å². The van der Waals surface area contributed by atoms with Gasteiger partial charge in [0.1, 0.15) is 17.6 Å². The van der Waals surface area contributed by atoms with Crippen LogP contribution in [0.4, 0.5) is 0 Å². The lowest BCUT2D eigenvalue weighted by atomic mass is 10.0. The molecule has 1 aliphatic rings. The molecule has 0 radical (unpaired) electrons. The number of nitrogens with zero attached hydrogens (tertiary/aromatic N) is 3. The minimum absolute atomic E-state index is 0.230. The molecular formula is C22H20N4O4. The van der Waals surface area contributed by atoms with Crippen molar-refractivity contribution in [2.45, 2.75) is 6.04 Å². The van der Waals surface area contributed by atoms with E-state index in [9.17, 15) is 14.4 Å². The predicted octanol–water partition coefficient (Wildman–Crippen LogP) is 2.17. The molecule has 0 fully saturated rings. The van der Waals surface area contributed by atoms with Gasteiger partial charge in [-0.15, -0.1) is 0 Å². The Morgan fingerprint density at radius 3 is 2.37 bits per heavy atom. The Morgan fingerprint density at radius 1 is 1.03 bits per heavy atom. The van der Waals surface area contributed by atoms with E-state index in [1.807, 2.05) is 35.9 Å². The van der Waals surface area contributed by atoms with Gasteiger partial charge in [0.05, 0.1) is 18.2 Å². The third kappa shape index (κ3) is 3.22. The molecule has 0 saturated carbocycles. The van der Waals surface area contributed by atoms with Gasteiger partial charge in [-0.1, -0.05) is 12.1 Å². The van der Waals surface area contributed by atoms with E-state index in [0.29, 0.717) is 17.1 Å². The molecule has 1 aliphatic heterocycles. The normalized spacial score (nSPS) is 13.9. The van der Waals surface area contributed by atoms with Gasteiger partial charge in [-0.05, 0) is 35.9 Å². The molecule has 30 heavy (non-hydrogen) atoms. The van der Waals surface area contributed by atoms with Gasteiger partial charge in [0.2, 0.25) is 0 Å². The lowest BCUT2D eigenvalue weighted by molar-refractivity contribution is 0.0693. The molecule has 1 unspecified atom stereocenters. The highest BCUT2D eigenvalue weighted by Gasteiger charge is 2.33. The number of imide groups is 1. The number of fused-ring (bicyclic) bond motifs is 1. The van der Waals surface area contributed by atoms with Crippen LogP contribution < -0.4 is 10.1 Å². The number of amides is 3. The van der Waals surface area contributed by atoms with E-state index in [0.717, 1.165) is 10.5 Å². The third-order valence-corrected chi connectivity index (χ3v) is 5.19. The average molecular weight is 404 g/mol. The summed E-state index contributed by atoms with van der Waals surface area (Å²) >= 11 is 0. The summed E-state index contributed by atoms with van der Waals surface area (Å²) in [5.74, 6) is 0.193. The Morgan fingerprint density at radius 2 is 1.73 bits per heavy atom. The maximum atomic E-state index is 13.0.